The molecule has 0 saturated carbocycles. The molecule has 0 atom stereocenters. The maximum Gasteiger partial charge on any atom is 0.416 e. The van der Waals surface area contributed by atoms with E-state index >= 15 is 0 Å². The van der Waals surface area contributed by atoms with E-state index in [1.54, 1.807) is 6.07 Å². The highest BCUT2D eigenvalue weighted by atomic mass is 19.4. The molecule has 0 bridgehead atoms. The summed E-state index contributed by atoms with van der Waals surface area (Å²) in [6.07, 6.45) is -2.92. The van der Waals surface area contributed by atoms with Gasteiger partial charge in [-0.2, -0.15) is 13.2 Å². The Bertz CT molecular complexity index is 1250. The second kappa shape index (κ2) is 9.15. The standard InChI is InChI=1S/C26H26F3N3O/c27-26(28,29)21-9-10-24-23(18-21)30-25(32(24)12-4-11-31-13-15-33-16-14-31)17-20-7-3-6-19-5-1-2-8-22(19)20/h1-3,5-10,18H,4,11-17H2. The summed E-state index contributed by atoms with van der Waals surface area (Å²) in [6.45, 7) is 4.97. The lowest BCUT2D eigenvalue weighted by Crippen LogP contribution is -2.37. The second-order valence-electron chi connectivity index (χ2n) is 8.50. The van der Waals surface area contributed by atoms with Gasteiger partial charge in [-0.25, -0.2) is 4.98 Å². The van der Waals surface area contributed by atoms with E-state index in [4.69, 9.17) is 4.74 Å². The smallest absolute Gasteiger partial charge is 0.379 e. The van der Waals surface area contributed by atoms with Crippen molar-refractivity contribution in [2.75, 3.05) is 32.8 Å². The van der Waals surface area contributed by atoms with Crippen LogP contribution in [0.15, 0.2) is 60.7 Å². The quantitative estimate of drug-likeness (QED) is 0.385. The Hall–Kier alpha value is -2.90. The molecule has 0 spiro atoms. The van der Waals surface area contributed by atoms with Gasteiger partial charge in [-0.05, 0) is 41.0 Å². The molecule has 5 rings (SSSR count). The number of nitrogens with zero attached hydrogens (tertiary/aromatic N) is 3. The highest BCUT2D eigenvalue weighted by Crippen LogP contribution is 2.32. The first kappa shape index (κ1) is 21.9. The van der Waals surface area contributed by atoms with Gasteiger partial charge in [0.2, 0.25) is 0 Å². The molecule has 4 aromatic rings. The third kappa shape index (κ3) is 4.75. The van der Waals surface area contributed by atoms with E-state index in [9.17, 15) is 13.2 Å². The molecule has 7 heteroatoms. The monoisotopic (exact) mass is 453 g/mol. The van der Waals surface area contributed by atoms with Crippen LogP contribution < -0.4 is 0 Å². The summed E-state index contributed by atoms with van der Waals surface area (Å²) in [6, 6.07) is 18.2. The van der Waals surface area contributed by atoms with E-state index in [0.29, 0.717) is 18.5 Å². The first-order valence-corrected chi connectivity index (χ1v) is 11.3. The number of morpholine rings is 1. The van der Waals surface area contributed by atoms with E-state index < -0.39 is 11.7 Å². The van der Waals surface area contributed by atoms with Crippen LogP contribution in [0.5, 0.6) is 0 Å². The average molecular weight is 454 g/mol. The molecular weight excluding hydrogens is 427 g/mol. The molecule has 1 aliphatic heterocycles. The van der Waals surface area contributed by atoms with Crippen LogP contribution in [0.4, 0.5) is 13.2 Å². The SMILES string of the molecule is FC(F)(F)c1ccc2c(c1)nc(Cc1cccc3ccccc13)n2CCCN1CCOCC1. The van der Waals surface area contributed by atoms with Crippen molar-refractivity contribution in [2.24, 2.45) is 0 Å². The number of ether oxygens (including phenoxy) is 1. The highest BCUT2D eigenvalue weighted by Gasteiger charge is 2.31. The Morgan fingerprint density at radius 2 is 1.70 bits per heavy atom. The highest BCUT2D eigenvalue weighted by molar-refractivity contribution is 5.86. The summed E-state index contributed by atoms with van der Waals surface area (Å²) in [5.74, 6) is 0.794. The van der Waals surface area contributed by atoms with Crippen molar-refractivity contribution >= 4 is 21.8 Å². The zero-order valence-corrected chi connectivity index (χ0v) is 18.3. The number of imidazole rings is 1. The fourth-order valence-electron chi connectivity index (χ4n) is 4.63. The lowest BCUT2D eigenvalue weighted by molar-refractivity contribution is -0.137. The number of hydrogen-bond donors (Lipinski definition) is 0. The van der Waals surface area contributed by atoms with Crippen molar-refractivity contribution in [2.45, 2.75) is 25.6 Å². The zero-order chi connectivity index (χ0) is 22.8. The van der Waals surface area contributed by atoms with Gasteiger partial charge in [0, 0.05) is 32.6 Å². The van der Waals surface area contributed by atoms with Gasteiger partial charge >= 0.3 is 6.18 Å². The molecule has 0 unspecified atom stereocenters. The van der Waals surface area contributed by atoms with Crippen molar-refractivity contribution in [1.82, 2.24) is 14.5 Å². The molecule has 0 amide bonds. The van der Waals surface area contributed by atoms with Crippen molar-refractivity contribution in [3.8, 4) is 0 Å². The summed E-state index contributed by atoms with van der Waals surface area (Å²) in [4.78, 5) is 7.05. The average Bonchev–Trinajstić information content (AvgIpc) is 3.16. The van der Waals surface area contributed by atoms with Crippen molar-refractivity contribution in [1.29, 1.82) is 0 Å². The predicted octanol–water partition coefficient (Wildman–Crippen LogP) is 5.52. The predicted molar refractivity (Wildman–Crippen MR) is 123 cm³/mol. The van der Waals surface area contributed by atoms with Gasteiger partial charge < -0.3 is 9.30 Å². The van der Waals surface area contributed by atoms with Gasteiger partial charge in [-0.3, -0.25) is 4.90 Å². The number of fused-ring (bicyclic) bond motifs is 2. The molecule has 2 heterocycles. The van der Waals surface area contributed by atoms with Crippen LogP contribution in [-0.2, 0) is 23.9 Å². The fraction of sp³-hybridized carbons (Fsp3) is 0.346. The van der Waals surface area contributed by atoms with Crippen LogP contribution in [0.1, 0.15) is 23.4 Å². The normalized spacial score (nSPS) is 15.5. The Balaban J connectivity index is 1.48. The summed E-state index contributed by atoms with van der Waals surface area (Å²) in [7, 11) is 0. The number of hydrogen-bond acceptors (Lipinski definition) is 3. The minimum atomic E-state index is -4.38. The summed E-state index contributed by atoms with van der Waals surface area (Å²) < 4.78 is 47.4. The Morgan fingerprint density at radius 1 is 0.909 bits per heavy atom. The lowest BCUT2D eigenvalue weighted by atomic mass is 10.0. The minimum Gasteiger partial charge on any atom is -0.379 e. The summed E-state index contributed by atoms with van der Waals surface area (Å²) in [5.41, 5.74) is 1.60. The van der Waals surface area contributed by atoms with Gasteiger partial charge in [-0.15, -0.1) is 0 Å². The first-order valence-electron chi connectivity index (χ1n) is 11.3. The van der Waals surface area contributed by atoms with E-state index in [1.165, 1.54) is 6.07 Å². The van der Waals surface area contributed by atoms with E-state index in [1.807, 2.05) is 18.2 Å². The van der Waals surface area contributed by atoms with Crippen molar-refractivity contribution in [3.63, 3.8) is 0 Å². The number of rotatable bonds is 6. The third-order valence-corrected chi connectivity index (χ3v) is 6.34. The number of alkyl halides is 3. The first-order chi connectivity index (χ1) is 16.0. The molecule has 0 aliphatic carbocycles. The van der Waals surface area contributed by atoms with Gasteiger partial charge in [-0.1, -0.05) is 42.5 Å². The third-order valence-electron chi connectivity index (χ3n) is 6.34. The molecule has 0 radical (unpaired) electrons. The van der Waals surface area contributed by atoms with Crippen LogP contribution in [0.3, 0.4) is 0 Å². The van der Waals surface area contributed by atoms with Crippen LogP contribution in [0.25, 0.3) is 21.8 Å². The van der Waals surface area contributed by atoms with Crippen LogP contribution >= 0.6 is 0 Å². The second-order valence-corrected chi connectivity index (χ2v) is 8.50. The zero-order valence-electron chi connectivity index (χ0n) is 18.3. The Kier molecular flexibility index (Phi) is 6.08. The van der Waals surface area contributed by atoms with Crippen LogP contribution in [0.2, 0.25) is 0 Å². The number of aryl methyl sites for hydroxylation is 1. The number of benzene rings is 3. The van der Waals surface area contributed by atoms with Gasteiger partial charge in [0.15, 0.2) is 0 Å². The van der Waals surface area contributed by atoms with E-state index in [-0.39, 0.29) is 0 Å². The summed E-state index contributed by atoms with van der Waals surface area (Å²) >= 11 is 0. The maximum absolute atomic E-state index is 13.3. The maximum atomic E-state index is 13.3. The topological polar surface area (TPSA) is 30.3 Å². The fourth-order valence-corrected chi connectivity index (χ4v) is 4.63. The molecule has 4 nitrogen and oxygen atoms in total. The lowest BCUT2D eigenvalue weighted by Gasteiger charge is -2.26. The number of aromatic nitrogens is 2. The van der Waals surface area contributed by atoms with Crippen molar-refractivity contribution in [3.05, 3.63) is 77.6 Å². The van der Waals surface area contributed by atoms with Crippen LogP contribution in [0, 0.1) is 0 Å². The largest absolute Gasteiger partial charge is 0.416 e. The van der Waals surface area contributed by atoms with E-state index in [0.717, 1.165) is 73.0 Å². The van der Waals surface area contributed by atoms with Gasteiger partial charge in [0.05, 0.1) is 29.8 Å². The van der Waals surface area contributed by atoms with Crippen LogP contribution in [-0.4, -0.2) is 47.3 Å². The van der Waals surface area contributed by atoms with Crippen molar-refractivity contribution < 1.29 is 17.9 Å². The Labute approximate surface area is 190 Å². The molecule has 1 aliphatic rings. The molecular formula is C26H26F3N3O. The molecule has 172 valence electrons. The van der Waals surface area contributed by atoms with Gasteiger partial charge in [0.25, 0.3) is 0 Å². The number of halogens is 3. The molecule has 1 aromatic heterocycles. The molecule has 33 heavy (non-hydrogen) atoms. The molecule has 1 fully saturated rings. The molecule has 0 N–H and O–H groups in total. The minimum absolute atomic E-state index is 0.395. The van der Waals surface area contributed by atoms with Gasteiger partial charge in [0.1, 0.15) is 5.82 Å². The molecule has 3 aromatic carbocycles. The summed E-state index contributed by atoms with van der Waals surface area (Å²) in [5, 5.41) is 2.28. The molecule has 1 saturated heterocycles. The van der Waals surface area contributed by atoms with E-state index in [2.05, 4.69) is 38.7 Å². The Morgan fingerprint density at radius 3 is 2.52 bits per heavy atom.